The van der Waals surface area contributed by atoms with Gasteiger partial charge in [-0.3, -0.25) is 14.4 Å². The van der Waals surface area contributed by atoms with Crippen molar-refractivity contribution in [1.29, 1.82) is 0 Å². The number of hydrogen-bond acceptors (Lipinski definition) is 5. The number of fused-ring (bicyclic) bond motifs is 1. The molecule has 0 radical (unpaired) electrons. The molecule has 8 nitrogen and oxygen atoms in total. The van der Waals surface area contributed by atoms with Crippen LogP contribution in [0.5, 0.6) is 5.75 Å². The van der Waals surface area contributed by atoms with Gasteiger partial charge in [0, 0.05) is 24.7 Å². The van der Waals surface area contributed by atoms with E-state index in [0.29, 0.717) is 17.1 Å². The van der Waals surface area contributed by atoms with Gasteiger partial charge in [-0.2, -0.15) is 0 Å². The Balaban J connectivity index is 2.22. The van der Waals surface area contributed by atoms with Gasteiger partial charge in [0.1, 0.15) is 5.75 Å². The van der Waals surface area contributed by atoms with E-state index in [0.717, 1.165) is 0 Å². The van der Waals surface area contributed by atoms with Crippen molar-refractivity contribution in [2.45, 2.75) is 32.3 Å². The fraction of sp³-hybridized carbons (Fsp3) is 0.438. The maximum atomic E-state index is 12.4. The number of carboxylic acids is 1. The van der Waals surface area contributed by atoms with Crippen LogP contribution in [0.3, 0.4) is 0 Å². The molecule has 3 N–H and O–H groups in total. The Morgan fingerprint density at radius 3 is 2.62 bits per heavy atom. The zero-order valence-electron chi connectivity index (χ0n) is 13.5. The second kappa shape index (κ2) is 6.88. The molecule has 130 valence electrons. The first-order valence-corrected chi connectivity index (χ1v) is 7.52. The van der Waals surface area contributed by atoms with Gasteiger partial charge in [0.05, 0.1) is 18.7 Å². The number of β-amino-alcohol motifs (C(OH)–C–C–N with tert-alkyl or cyclic N) is 1. The molecule has 0 aliphatic carbocycles. The van der Waals surface area contributed by atoms with Gasteiger partial charge in [-0.05, 0) is 26.0 Å². The molecule has 0 saturated carbocycles. The number of anilines is 2. The third-order valence-electron chi connectivity index (χ3n) is 3.55. The molecule has 0 bridgehead atoms. The van der Waals surface area contributed by atoms with Gasteiger partial charge in [-0.25, -0.2) is 0 Å². The number of aliphatic hydroxyl groups is 1. The van der Waals surface area contributed by atoms with E-state index in [1.807, 2.05) is 0 Å². The van der Waals surface area contributed by atoms with E-state index in [1.165, 1.54) is 4.90 Å². The highest BCUT2D eigenvalue weighted by Crippen LogP contribution is 2.39. The lowest BCUT2D eigenvalue weighted by Crippen LogP contribution is -2.53. The lowest BCUT2D eigenvalue weighted by atomic mass is 10.0. The van der Waals surface area contributed by atoms with Crippen molar-refractivity contribution >= 4 is 29.2 Å². The van der Waals surface area contributed by atoms with Crippen LogP contribution in [-0.2, 0) is 14.4 Å². The molecular weight excluding hydrogens is 316 g/mol. The molecule has 1 aliphatic heterocycles. The van der Waals surface area contributed by atoms with Crippen LogP contribution < -0.4 is 15.0 Å². The van der Waals surface area contributed by atoms with E-state index in [-0.39, 0.29) is 31.9 Å². The largest absolute Gasteiger partial charge is 0.481 e. The Morgan fingerprint density at radius 2 is 2.00 bits per heavy atom. The first-order chi connectivity index (χ1) is 11.2. The van der Waals surface area contributed by atoms with Gasteiger partial charge < -0.3 is 25.2 Å². The molecule has 24 heavy (non-hydrogen) atoms. The van der Waals surface area contributed by atoms with Crippen molar-refractivity contribution in [3.05, 3.63) is 18.2 Å². The lowest BCUT2D eigenvalue weighted by molar-refractivity contribution is -0.138. The molecular formula is C16H20N2O6. The molecule has 2 rings (SSSR count). The van der Waals surface area contributed by atoms with Gasteiger partial charge >= 0.3 is 5.97 Å². The number of nitrogens with zero attached hydrogens (tertiary/aromatic N) is 1. The Bertz CT molecular complexity index is 671. The zero-order chi connectivity index (χ0) is 17.9. The molecule has 0 spiro atoms. The topological polar surface area (TPSA) is 116 Å². The van der Waals surface area contributed by atoms with Gasteiger partial charge in [-0.15, -0.1) is 0 Å². The number of hydrogen-bond donors (Lipinski definition) is 3. The van der Waals surface area contributed by atoms with Gasteiger partial charge in [0.15, 0.2) is 5.60 Å². The molecule has 0 atom stereocenters. The van der Waals surface area contributed by atoms with Crippen LogP contribution in [0.15, 0.2) is 18.2 Å². The number of ether oxygens (including phenoxy) is 1. The van der Waals surface area contributed by atoms with Crippen LogP contribution in [0.25, 0.3) is 0 Å². The Hall–Kier alpha value is -2.61. The van der Waals surface area contributed by atoms with Crippen LogP contribution in [-0.4, -0.2) is 46.7 Å². The maximum Gasteiger partial charge on any atom is 0.303 e. The molecule has 0 saturated heterocycles. The van der Waals surface area contributed by atoms with E-state index in [1.54, 1.807) is 32.0 Å². The lowest BCUT2D eigenvalue weighted by Gasteiger charge is -2.38. The second-order valence-electron chi connectivity index (χ2n) is 5.92. The van der Waals surface area contributed by atoms with Crippen molar-refractivity contribution in [2.75, 3.05) is 23.4 Å². The summed E-state index contributed by atoms with van der Waals surface area (Å²) in [5.41, 5.74) is -0.135. The molecule has 0 fully saturated rings. The van der Waals surface area contributed by atoms with Gasteiger partial charge in [0.25, 0.3) is 5.91 Å². The van der Waals surface area contributed by atoms with Crippen LogP contribution in [0.4, 0.5) is 11.4 Å². The number of aliphatic hydroxyl groups excluding tert-OH is 1. The molecule has 1 heterocycles. The summed E-state index contributed by atoms with van der Waals surface area (Å²) >= 11 is 0. The Kier molecular flexibility index (Phi) is 5.08. The number of benzene rings is 1. The SMILES string of the molecule is CC1(C)Oc2cc(NC(=O)CCC(=O)O)ccc2N(CCO)C1=O. The molecule has 1 aromatic rings. The average molecular weight is 336 g/mol. The van der Waals surface area contributed by atoms with Gasteiger partial charge in [0.2, 0.25) is 5.91 Å². The van der Waals surface area contributed by atoms with Crippen molar-refractivity contribution in [1.82, 2.24) is 0 Å². The summed E-state index contributed by atoms with van der Waals surface area (Å²) in [4.78, 5) is 36.0. The van der Waals surface area contributed by atoms with Crippen LogP contribution in [0, 0.1) is 0 Å². The third-order valence-corrected chi connectivity index (χ3v) is 3.55. The van der Waals surface area contributed by atoms with Gasteiger partial charge in [-0.1, -0.05) is 0 Å². The van der Waals surface area contributed by atoms with Crippen molar-refractivity contribution in [3.8, 4) is 5.75 Å². The third kappa shape index (κ3) is 3.83. The summed E-state index contributed by atoms with van der Waals surface area (Å²) < 4.78 is 5.71. The molecule has 0 unspecified atom stereocenters. The summed E-state index contributed by atoms with van der Waals surface area (Å²) in [6, 6.07) is 4.79. The average Bonchev–Trinajstić information content (AvgIpc) is 2.49. The number of carboxylic acid groups (broad SMARTS) is 1. The molecule has 2 amide bonds. The minimum atomic E-state index is -1.09. The van der Waals surface area contributed by atoms with E-state index < -0.39 is 17.5 Å². The zero-order valence-corrected chi connectivity index (χ0v) is 13.5. The summed E-state index contributed by atoms with van der Waals surface area (Å²) in [5, 5.41) is 20.4. The van der Waals surface area contributed by atoms with E-state index >= 15 is 0 Å². The minimum Gasteiger partial charge on any atom is -0.481 e. The summed E-state index contributed by atoms with van der Waals surface area (Å²) in [7, 11) is 0. The van der Waals surface area contributed by atoms with Crippen molar-refractivity contribution in [2.24, 2.45) is 0 Å². The fourth-order valence-corrected chi connectivity index (χ4v) is 2.42. The fourth-order valence-electron chi connectivity index (χ4n) is 2.42. The standard InChI is InChI=1S/C16H20N2O6/c1-16(2)15(23)18(7-8-19)11-4-3-10(9-12(11)24-16)17-13(20)5-6-14(21)22/h3-4,9,19H,5-8H2,1-2H3,(H,17,20)(H,21,22). The first-order valence-electron chi connectivity index (χ1n) is 7.52. The van der Waals surface area contributed by atoms with Crippen LogP contribution in [0.1, 0.15) is 26.7 Å². The molecule has 0 aromatic heterocycles. The van der Waals surface area contributed by atoms with Crippen LogP contribution in [0.2, 0.25) is 0 Å². The van der Waals surface area contributed by atoms with Crippen molar-refractivity contribution in [3.63, 3.8) is 0 Å². The first kappa shape index (κ1) is 17.7. The van der Waals surface area contributed by atoms with E-state index in [2.05, 4.69) is 5.32 Å². The molecule has 1 aromatic carbocycles. The highest BCUT2D eigenvalue weighted by molar-refractivity contribution is 6.03. The second-order valence-corrected chi connectivity index (χ2v) is 5.92. The molecule has 8 heteroatoms. The van der Waals surface area contributed by atoms with Crippen molar-refractivity contribution < 1.29 is 29.3 Å². The van der Waals surface area contributed by atoms with Crippen LogP contribution >= 0.6 is 0 Å². The monoisotopic (exact) mass is 336 g/mol. The summed E-state index contributed by atoms with van der Waals surface area (Å²) in [6.07, 6.45) is -0.382. The summed E-state index contributed by atoms with van der Waals surface area (Å²) in [5.74, 6) is -1.32. The number of aliphatic carboxylic acids is 1. The molecule has 1 aliphatic rings. The number of rotatable bonds is 6. The maximum absolute atomic E-state index is 12.4. The number of carbonyl (C=O) groups excluding carboxylic acids is 2. The highest BCUT2D eigenvalue weighted by Gasteiger charge is 2.40. The highest BCUT2D eigenvalue weighted by atomic mass is 16.5. The van der Waals surface area contributed by atoms with E-state index in [9.17, 15) is 14.4 Å². The Morgan fingerprint density at radius 1 is 1.29 bits per heavy atom. The number of nitrogens with one attached hydrogen (secondary N) is 1. The summed E-state index contributed by atoms with van der Waals surface area (Å²) in [6.45, 7) is 3.21. The number of carbonyl (C=O) groups is 3. The smallest absolute Gasteiger partial charge is 0.303 e. The normalized spacial score (nSPS) is 15.5. The predicted molar refractivity (Wildman–Crippen MR) is 86.1 cm³/mol. The quantitative estimate of drug-likeness (QED) is 0.713. The minimum absolute atomic E-state index is 0.131. The van der Waals surface area contributed by atoms with E-state index in [4.69, 9.17) is 14.9 Å². The Labute approximate surface area is 139 Å². The number of amides is 2. The predicted octanol–water partition coefficient (Wildman–Crippen LogP) is 0.986.